The number of nitrogens with zero attached hydrogens (tertiary/aromatic N) is 4. The summed E-state index contributed by atoms with van der Waals surface area (Å²) in [5.74, 6) is 1.43. The highest BCUT2D eigenvalue weighted by molar-refractivity contribution is 9.10. The molecule has 0 saturated heterocycles. The molecule has 6 heteroatoms. The number of halogens is 1. The van der Waals surface area contributed by atoms with Crippen LogP contribution in [0.5, 0.6) is 0 Å². The molecular weight excluding hydrogens is 306 g/mol. The van der Waals surface area contributed by atoms with Gasteiger partial charge in [-0.3, -0.25) is 0 Å². The average molecular weight is 322 g/mol. The van der Waals surface area contributed by atoms with Crippen LogP contribution in [-0.2, 0) is 6.54 Å². The third kappa shape index (κ3) is 2.36. The van der Waals surface area contributed by atoms with Crippen molar-refractivity contribution < 1.29 is 0 Å². The van der Waals surface area contributed by atoms with E-state index in [1.165, 1.54) is 6.42 Å². The summed E-state index contributed by atoms with van der Waals surface area (Å²) in [6.45, 7) is 5.42. The Morgan fingerprint density at radius 1 is 1.47 bits per heavy atom. The second kappa shape index (κ2) is 4.30. The van der Waals surface area contributed by atoms with Gasteiger partial charge in [-0.1, -0.05) is 13.8 Å². The second-order valence-corrected chi connectivity index (χ2v) is 6.66. The Hall–Kier alpha value is -1.43. The molecule has 1 heterocycles. The van der Waals surface area contributed by atoms with E-state index in [1.54, 1.807) is 0 Å². The molecule has 1 saturated carbocycles. The first kappa shape index (κ1) is 12.6. The van der Waals surface area contributed by atoms with Crippen molar-refractivity contribution in [3.05, 3.63) is 22.7 Å². The van der Waals surface area contributed by atoms with Gasteiger partial charge in [-0.05, 0) is 62.3 Å². The molecular formula is C13H16BrN5. The van der Waals surface area contributed by atoms with Crippen molar-refractivity contribution >= 4 is 21.6 Å². The Morgan fingerprint density at radius 2 is 2.21 bits per heavy atom. The molecule has 1 aromatic carbocycles. The molecule has 5 nitrogen and oxygen atoms in total. The smallest absolute Gasteiger partial charge is 0.182 e. The topological polar surface area (TPSA) is 69.6 Å². The highest BCUT2D eigenvalue weighted by Crippen LogP contribution is 2.52. The maximum atomic E-state index is 5.91. The van der Waals surface area contributed by atoms with Gasteiger partial charge in [0.1, 0.15) is 0 Å². The van der Waals surface area contributed by atoms with E-state index in [2.05, 4.69) is 45.3 Å². The molecule has 100 valence electrons. The quantitative estimate of drug-likeness (QED) is 0.882. The zero-order chi connectivity index (χ0) is 13.6. The van der Waals surface area contributed by atoms with E-state index in [-0.39, 0.29) is 0 Å². The van der Waals surface area contributed by atoms with Crippen LogP contribution in [0, 0.1) is 11.3 Å². The van der Waals surface area contributed by atoms with Crippen LogP contribution in [0.1, 0.15) is 20.3 Å². The Kier molecular flexibility index (Phi) is 2.85. The first-order valence-electron chi connectivity index (χ1n) is 6.29. The fourth-order valence-corrected chi connectivity index (χ4v) is 2.56. The number of aromatic nitrogens is 4. The molecule has 0 bridgehead atoms. The lowest BCUT2D eigenvalue weighted by atomic mass is 10.1. The van der Waals surface area contributed by atoms with Crippen LogP contribution in [0.15, 0.2) is 22.7 Å². The summed E-state index contributed by atoms with van der Waals surface area (Å²) in [5.41, 5.74) is 7.97. The number of anilines is 1. The van der Waals surface area contributed by atoms with Crippen molar-refractivity contribution in [2.24, 2.45) is 11.3 Å². The van der Waals surface area contributed by atoms with Crippen molar-refractivity contribution in [3.8, 4) is 11.4 Å². The predicted octanol–water partition coefficient (Wildman–Crippen LogP) is 2.73. The number of benzene rings is 1. The molecule has 1 aromatic heterocycles. The Labute approximate surface area is 120 Å². The van der Waals surface area contributed by atoms with E-state index in [1.807, 2.05) is 22.9 Å². The third-order valence-electron chi connectivity index (χ3n) is 3.90. The monoisotopic (exact) mass is 321 g/mol. The summed E-state index contributed by atoms with van der Waals surface area (Å²) >= 11 is 3.39. The summed E-state index contributed by atoms with van der Waals surface area (Å²) in [4.78, 5) is 0. The number of hydrogen-bond donors (Lipinski definition) is 1. The summed E-state index contributed by atoms with van der Waals surface area (Å²) in [6.07, 6.45) is 1.23. The van der Waals surface area contributed by atoms with Gasteiger partial charge in [-0.2, -0.15) is 0 Å². The lowest BCUT2D eigenvalue weighted by Gasteiger charge is -2.07. The van der Waals surface area contributed by atoms with Crippen LogP contribution in [0.25, 0.3) is 11.4 Å². The summed E-state index contributed by atoms with van der Waals surface area (Å²) in [5, 5.41) is 12.0. The van der Waals surface area contributed by atoms with Gasteiger partial charge in [0.05, 0.1) is 0 Å². The van der Waals surface area contributed by atoms with Crippen LogP contribution in [0.2, 0.25) is 0 Å². The third-order valence-corrected chi connectivity index (χ3v) is 4.62. The maximum Gasteiger partial charge on any atom is 0.182 e. The number of tetrazole rings is 1. The van der Waals surface area contributed by atoms with Gasteiger partial charge in [-0.15, -0.1) is 5.10 Å². The maximum absolute atomic E-state index is 5.91. The fourth-order valence-electron chi connectivity index (χ4n) is 2.31. The van der Waals surface area contributed by atoms with Crippen LogP contribution >= 0.6 is 15.9 Å². The lowest BCUT2D eigenvalue weighted by molar-refractivity contribution is 0.467. The molecule has 3 rings (SSSR count). The molecule has 0 spiro atoms. The van der Waals surface area contributed by atoms with Crippen molar-refractivity contribution in [1.82, 2.24) is 20.2 Å². The lowest BCUT2D eigenvalue weighted by Crippen LogP contribution is -2.07. The summed E-state index contributed by atoms with van der Waals surface area (Å²) in [6, 6.07) is 5.79. The van der Waals surface area contributed by atoms with E-state index >= 15 is 0 Å². The van der Waals surface area contributed by atoms with Gasteiger partial charge in [0.2, 0.25) is 0 Å². The van der Waals surface area contributed by atoms with Crippen LogP contribution < -0.4 is 5.73 Å². The number of hydrogen-bond acceptors (Lipinski definition) is 4. The molecule has 0 amide bonds. The first-order valence-corrected chi connectivity index (χ1v) is 7.08. The van der Waals surface area contributed by atoms with Crippen molar-refractivity contribution in [2.45, 2.75) is 26.8 Å². The number of nitrogens with two attached hydrogens (primary N) is 1. The fraction of sp³-hybridized carbons (Fsp3) is 0.462. The number of nitrogen functional groups attached to an aromatic ring is 1. The Balaban J connectivity index is 1.89. The van der Waals surface area contributed by atoms with E-state index in [0.29, 0.717) is 17.0 Å². The van der Waals surface area contributed by atoms with Gasteiger partial charge in [0.15, 0.2) is 5.82 Å². The zero-order valence-electron chi connectivity index (χ0n) is 11.0. The van der Waals surface area contributed by atoms with Crippen LogP contribution in [0.4, 0.5) is 5.69 Å². The molecule has 0 radical (unpaired) electrons. The SMILES string of the molecule is CC1(C)CC1Cn1nnnc1-c1ccc(Br)c(N)c1. The number of rotatable bonds is 3. The van der Waals surface area contributed by atoms with Gasteiger partial charge >= 0.3 is 0 Å². The van der Waals surface area contributed by atoms with Crippen molar-refractivity contribution in [1.29, 1.82) is 0 Å². The minimum atomic E-state index is 0.419. The normalized spacial score (nSPS) is 20.5. The summed E-state index contributed by atoms with van der Waals surface area (Å²) < 4.78 is 2.76. The summed E-state index contributed by atoms with van der Waals surface area (Å²) in [7, 11) is 0. The van der Waals surface area contributed by atoms with E-state index in [4.69, 9.17) is 5.73 Å². The first-order chi connectivity index (χ1) is 8.97. The molecule has 1 aliphatic carbocycles. The predicted molar refractivity (Wildman–Crippen MR) is 77.3 cm³/mol. The van der Waals surface area contributed by atoms with Gasteiger partial charge in [0, 0.05) is 22.3 Å². The average Bonchev–Trinajstić information content (AvgIpc) is 2.75. The molecule has 0 aliphatic heterocycles. The van der Waals surface area contributed by atoms with E-state index in [9.17, 15) is 0 Å². The standard InChI is InChI=1S/C13H16BrN5/c1-13(2)6-9(13)7-19-12(16-17-18-19)8-3-4-10(14)11(15)5-8/h3-5,9H,6-7,15H2,1-2H3. The van der Waals surface area contributed by atoms with E-state index < -0.39 is 0 Å². The molecule has 1 unspecified atom stereocenters. The minimum Gasteiger partial charge on any atom is -0.398 e. The zero-order valence-corrected chi connectivity index (χ0v) is 12.6. The molecule has 1 atom stereocenters. The minimum absolute atomic E-state index is 0.419. The van der Waals surface area contributed by atoms with Crippen LogP contribution in [-0.4, -0.2) is 20.2 Å². The van der Waals surface area contributed by atoms with Crippen molar-refractivity contribution in [2.75, 3.05) is 5.73 Å². The van der Waals surface area contributed by atoms with E-state index in [0.717, 1.165) is 22.4 Å². The Morgan fingerprint density at radius 3 is 2.84 bits per heavy atom. The second-order valence-electron chi connectivity index (χ2n) is 5.81. The molecule has 19 heavy (non-hydrogen) atoms. The van der Waals surface area contributed by atoms with Crippen LogP contribution in [0.3, 0.4) is 0 Å². The van der Waals surface area contributed by atoms with Crippen molar-refractivity contribution in [3.63, 3.8) is 0 Å². The largest absolute Gasteiger partial charge is 0.398 e. The highest BCUT2D eigenvalue weighted by atomic mass is 79.9. The van der Waals surface area contributed by atoms with Gasteiger partial charge in [0.25, 0.3) is 0 Å². The molecule has 1 aliphatic rings. The van der Waals surface area contributed by atoms with Gasteiger partial charge in [-0.25, -0.2) is 4.68 Å². The van der Waals surface area contributed by atoms with Gasteiger partial charge < -0.3 is 5.73 Å². The highest BCUT2D eigenvalue weighted by Gasteiger charge is 2.46. The molecule has 1 fully saturated rings. The Bertz CT molecular complexity index is 619. The molecule has 2 N–H and O–H groups in total. The molecule has 2 aromatic rings.